The van der Waals surface area contributed by atoms with Gasteiger partial charge in [-0.15, -0.1) is 0 Å². The molecule has 1 heterocycles. The molecule has 0 N–H and O–H groups in total. The molecule has 1 aromatic carbocycles. The van der Waals surface area contributed by atoms with Gasteiger partial charge >= 0.3 is 0 Å². The highest BCUT2D eigenvalue weighted by molar-refractivity contribution is 6.31. The summed E-state index contributed by atoms with van der Waals surface area (Å²) in [6.45, 7) is 2.33. The zero-order valence-corrected chi connectivity index (χ0v) is 10.6. The lowest BCUT2D eigenvalue weighted by Gasteiger charge is -2.07. The maximum absolute atomic E-state index is 8.75. The van der Waals surface area contributed by atoms with Crippen molar-refractivity contribution in [2.45, 2.75) is 13.5 Å². The lowest BCUT2D eigenvalue weighted by molar-refractivity contribution is 0.306. The summed E-state index contributed by atoms with van der Waals surface area (Å²) in [4.78, 5) is 3.90. The second-order valence-corrected chi connectivity index (χ2v) is 4.27. The molecule has 0 aliphatic carbocycles. The van der Waals surface area contributed by atoms with Crippen molar-refractivity contribution in [2.75, 3.05) is 0 Å². The minimum atomic E-state index is 0.392. The minimum Gasteiger partial charge on any atom is -0.489 e. The predicted molar refractivity (Wildman–Crippen MR) is 69.5 cm³/mol. The standard InChI is InChI=1S/C14H11ClN2O/c1-10-6-13(2-3-14(10)15)18-9-11-4-5-17-12(7-11)8-16/h2-7H,9H2,1H3. The average Bonchev–Trinajstić information content (AvgIpc) is 2.40. The first-order valence-corrected chi connectivity index (χ1v) is 5.81. The van der Waals surface area contributed by atoms with Crippen molar-refractivity contribution in [2.24, 2.45) is 0 Å². The molecule has 0 saturated carbocycles. The van der Waals surface area contributed by atoms with Gasteiger partial charge in [-0.25, -0.2) is 4.98 Å². The fourth-order valence-corrected chi connectivity index (χ4v) is 1.62. The third-order valence-corrected chi connectivity index (χ3v) is 2.90. The summed E-state index contributed by atoms with van der Waals surface area (Å²) in [5.41, 5.74) is 2.28. The number of aryl methyl sites for hydroxylation is 1. The van der Waals surface area contributed by atoms with Gasteiger partial charge in [0.2, 0.25) is 0 Å². The number of aromatic nitrogens is 1. The first kappa shape index (κ1) is 12.4. The van der Waals surface area contributed by atoms with Gasteiger partial charge in [-0.3, -0.25) is 0 Å². The Bertz CT molecular complexity index is 605. The van der Waals surface area contributed by atoms with Crippen LogP contribution in [-0.2, 0) is 6.61 Å². The molecule has 0 aliphatic heterocycles. The molecule has 90 valence electrons. The van der Waals surface area contributed by atoms with Crippen LogP contribution in [0.25, 0.3) is 0 Å². The van der Waals surface area contributed by atoms with E-state index < -0.39 is 0 Å². The van der Waals surface area contributed by atoms with E-state index in [1.165, 1.54) is 0 Å². The highest BCUT2D eigenvalue weighted by Crippen LogP contribution is 2.21. The molecule has 0 aliphatic rings. The first-order valence-electron chi connectivity index (χ1n) is 5.43. The fourth-order valence-electron chi connectivity index (χ4n) is 1.50. The highest BCUT2D eigenvalue weighted by atomic mass is 35.5. The Balaban J connectivity index is 2.07. The van der Waals surface area contributed by atoms with Crippen LogP contribution in [0.15, 0.2) is 36.5 Å². The quantitative estimate of drug-likeness (QED) is 0.847. The molecule has 0 bridgehead atoms. The van der Waals surface area contributed by atoms with Gasteiger partial charge in [-0.1, -0.05) is 11.6 Å². The molecule has 0 fully saturated rings. The third-order valence-electron chi connectivity index (χ3n) is 2.47. The molecule has 0 amide bonds. The van der Waals surface area contributed by atoms with Gasteiger partial charge in [0, 0.05) is 11.2 Å². The SMILES string of the molecule is Cc1cc(OCc2ccnc(C#N)c2)ccc1Cl. The van der Waals surface area contributed by atoms with Crippen LogP contribution in [0.2, 0.25) is 5.02 Å². The Kier molecular flexibility index (Phi) is 3.81. The van der Waals surface area contributed by atoms with Gasteiger partial charge in [-0.2, -0.15) is 5.26 Å². The van der Waals surface area contributed by atoms with Gasteiger partial charge in [0.25, 0.3) is 0 Å². The van der Waals surface area contributed by atoms with E-state index in [-0.39, 0.29) is 0 Å². The van der Waals surface area contributed by atoms with Crippen LogP contribution in [0.5, 0.6) is 5.75 Å². The van der Waals surface area contributed by atoms with E-state index in [2.05, 4.69) is 4.98 Å². The third kappa shape index (κ3) is 2.99. The highest BCUT2D eigenvalue weighted by Gasteiger charge is 2.00. The van der Waals surface area contributed by atoms with Crippen LogP contribution >= 0.6 is 11.6 Å². The Morgan fingerprint density at radius 2 is 2.17 bits per heavy atom. The summed E-state index contributed by atoms with van der Waals surface area (Å²) in [7, 11) is 0. The maximum atomic E-state index is 8.75. The smallest absolute Gasteiger partial charge is 0.140 e. The molecule has 0 saturated heterocycles. The number of nitriles is 1. The second-order valence-electron chi connectivity index (χ2n) is 3.86. The maximum Gasteiger partial charge on any atom is 0.140 e. The Labute approximate surface area is 111 Å². The second kappa shape index (κ2) is 5.52. The van der Waals surface area contributed by atoms with Gasteiger partial charge < -0.3 is 4.74 Å². The van der Waals surface area contributed by atoms with Gasteiger partial charge in [0.15, 0.2) is 0 Å². The van der Waals surface area contributed by atoms with E-state index in [0.29, 0.717) is 12.3 Å². The van der Waals surface area contributed by atoms with E-state index in [0.717, 1.165) is 21.9 Å². The summed E-state index contributed by atoms with van der Waals surface area (Å²) in [5.74, 6) is 0.757. The first-order chi connectivity index (χ1) is 8.69. The fraction of sp³-hybridized carbons (Fsp3) is 0.143. The monoisotopic (exact) mass is 258 g/mol. The Morgan fingerprint density at radius 3 is 2.89 bits per heavy atom. The summed E-state index contributed by atoms with van der Waals surface area (Å²) in [6, 6.07) is 11.0. The molecule has 0 unspecified atom stereocenters. The van der Waals surface area contributed by atoms with E-state index in [9.17, 15) is 0 Å². The number of ether oxygens (including phenoxy) is 1. The summed E-state index contributed by atoms with van der Waals surface area (Å²) in [6.07, 6.45) is 1.60. The van der Waals surface area contributed by atoms with Gasteiger partial charge in [0.05, 0.1) is 0 Å². The van der Waals surface area contributed by atoms with E-state index in [1.54, 1.807) is 18.3 Å². The van der Waals surface area contributed by atoms with Crippen molar-refractivity contribution in [1.29, 1.82) is 5.26 Å². The summed E-state index contributed by atoms with van der Waals surface area (Å²) >= 11 is 5.94. The van der Waals surface area contributed by atoms with E-state index in [1.807, 2.05) is 31.2 Å². The van der Waals surface area contributed by atoms with Gasteiger partial charge in [-0.05, 0) is 48.4 Å². The van der Waals surface area contributed by atoms with Crippen molar-refractivity contribution in [1.82, 2.24) is 4.98 Å². The number of halogens is 1. The van der Waals surface area contributed by atoms with Crippen LogP contribution in [0.3, 0.4) is 0 Å². The Hall–Kier alpha value is -2.05. The molecule has 2 aromatic rings. The molecule has 2 rings (SSSR count). The molecule has 18 heavy (non-hydrogen) atoms. The Morgan fingerprint density at radius 1 is 1.33 bits per heavy atom. The zero-order chi connectivity index (χ0) is 13.0. The molecule has 3 nitrogen and oxygen atoms in total. The molecule has 0 atom stereocenters. The molecule has 4 heteroatoms. The zero-order valence-electron chi connectivity index (χ0n) is 9.85. The number of benzene rings is 1. The van der Waals surface area contributed by atoms with Gasteiger partial charge in [0.1, 0.15) is 24.1 Å². The van der Waals surface area contributed by atoms with Crippen LogP contribution in [0, 0.1) is 18.3 Å². The van der Waals surface area contributed by atoms with Crippen molar-refractivity contribution in [3.63, 3.8) is 0 Å². The van der Waals surface area contributed by atoms with Crippen LogP contribution in [-0.4, -0.2) is 4.98 Å². The van der Waals surface area contributed by atoms with Crippen LogP contribution < -0.4 is 4.74 Å². The molecule has 0 spiro atoms. The number of hydrogen-bond donors (Lipinski definition) is 0. The number of nitrogens with zero attached hydrogens (tertiary/aromatic N) is 2. The number of hydrogen-bond acceptors (Lipinski definition) is 3. The number of pyridine rings is 1. The van der Waals surface area contributed by atoms with Crippen LogP contribution in [0.4, 0.5) is 0 Å². The van der Waals surface area contributed by atoms with Crippen molar-refractivity contribution in [3.8, 4) is 11.8 Å². The minimum absolute atomic E-state index is 0.392. The largest absolute Gasteiger partial charge is 0.489 e. The molecular weight excluding hydrogens is 248 g/mol. The number of rotatable bonds is 3. The van der Waals surface area contributed by atoms with Crippen molar-refractivity contribution < 1.29 is 4.74 Å². The topological polar surface area (TPSA) is 45.9 Å². The van der Waals surface area contributed by atoms with E-state index >= 15 is 0 Å². The molecule has 1 aromatic heterocycles. The summed E-state index contributed by atoms with van der Waals surface area (Å²) < 4.78 is 5.63. The average molecular weight is 259 g/mol. The lowest BCUT2D eigenvalue weighted by Crippen LogP contribution is -1.97. The van der Waals surface area contributed by atoms with Crippen LogP contribution in [0.1, 0.15) is 16.8 Å². The predicted octanol–water partition coefficient (Wildman–Crippen LogP) is 3.49. The van der Waals surface area contributed by atoms with E-state index in [4.69, 9.17) is 21.6 Å². The molecular formula is C14H11ClN2O. The normalized spacial score (nSPS) is 9.83. The van der Waals surface area contributed by atoms with Crippen molar-refractivity contribution >= 4 is 11.6 Å². The summed E-state index contributed by atoms with van der Waals surface area (Å²) in [5, 5.41) is 9.47. The van der Waals surface area contributed by atoms with Crippen molar-refractivity contribution in [3.05, 3.63) is 58.4 Å². The molecule has 0 radical (unpaired) electrons. The lowest BCUT2D eigenvalue weighted by atomic mass is 10.2.